The Bertz CT molecular complexity index is 864. The molecule has 23 heavy (non-hydrogen) atoms. The van der Waals surface area contributed by atoms with Crippen LogP contribution in [-0.2, 0) is 24.8 Å². The third-order valence-corrected chi connectivity index (χ3v) is 3.70. The highest BCUT2D eigenvalue weighted by atomic mass is 16.2. The molecule has 0 atom stereocenters. The van der Waals surface area contributed by atoms with Crippen molar-refractivity contribution in [3.05, 3.63) is 41.5 Å². The maximum Gasteiger partial charge on any atom is 0.252 e. The Morgan fingerprint density at radius 1 is 1.30 bits per heavy atom. The number of amides is 1. The molecule has 0 aromatic carbocycles. The smallest absolute Gasteiger partial charge is 0.252 e. The van der Waals surface area contributed by atoms with Crippen LogP contribution in [0.1, 0.15) is 23.0 Å². The highest BCUT2D eigenvalue weighted by Crippen LogP contribution is 2.07. The molecular formula is C15H19N7O. The van der Waals surface area contributed by atoms with E-state index >= 15 is 0 Å². The second kappa shape index (κ2) is 5.79. The molecule has 0 fully saturated rings. The van der Waals surface area contributed by atoms with Crippen LogP contribution in [-0.4, -0.2) is 47.0 Å². The van der Waals surface area contributed by atoms with Gasteiger partial charge in [-0.2, -0.15) is 4.98 Å². The molecule has 0 N–H and O–H groups in total. The van der Waals surface area contributed by atoms with Crippen molar-refractivity contribution in [2.75, 3.05) is 7.05 Å². The Kier molecular flexibility index (Phi) is 3.81. The van der Waals surface area contributed by atoms with Crippen molar-refractivity contribution < 1.29 is 4.79 Å². The maximum absolute atomic E-state index is 12.4. The third-order valence-electron chi connectivity index (χ3n) is 3.70. The minimum Gasteiger partial charge on any atom is -0.338 e. The molecule has 8 heteroatoms. The third kappa shape index (κ3) is 3.05. The largest absolute Gasteiger partial charge is 0.338 e. The number of likely N-dealkylation sites (N-methyl/N-ethyl adjacent to an activating group) is 1. The van der Waals surface area contributed by atoms with Crippen molar-refractivity contribution in [3.8, 4) is 0 Å². The summed E-state index contributed by atoms with van der Waals surface area (Å²) in [5.74, 6) is 1.77. The predicted molar refractivity (Wildman–Crippen MR) is 83.6 cm³/mol. The van der Waals surface area contributed by atoms with Gasteiger partial charge in [-0.1, -0.05) is 0 Å². The molecule has 0 saturated heterocycles. The quantitative estimate of drug-likeness (QED) is 0.707. The number of hydrogen-bond donors (Lipinski definition) is 0. The van der Waals surface area contributed by atoms with Gasteiger partial charge in [-0.3, -0.25) is 4.79 Å². The van der Waals surface area contributed by atoms with Crippen LogP contribution >= 0.6 is 0 Å². The number of aryl methyl sites for hydroxylation is 3. The molecule has 3 heterocycles. The van der Waals surface area contributed by atoms with Crippen molar-refractivity contribution in [2.24, 2.45) is 7.05 Å². The number of carbonyl (C=O) groups is 1. The molecule has 0 aliphatic carbocycles. The zero-order chi connectivity index (χ0) is 16.6. The number of nitrogens with zero attached hydrogens (tertiary/aromatic N) is 7. The van der Waals surface area contributed by atoms with Gasteiger partial charge in [0.1, 0.15) is 5.82 Å². The summed E-state index contributed by atoms with van der Waals surface area (Å²) in [7, 11) is 3.65. The van der Waals surface area contributed by atoms with Crippen molar-refractivity contribution in [1.29, 1.82) is 0 Å². The molecule has 0 unspecified atom stereocenters. The van der Waals surface area contributed by atoms with Gasteiger partial charge in [-0.05, 0) is 19.9 Å². The Morgan fingerprint density at radius 2 is 2.09 bits per heavy atom. The van der Waals surface area contributed by atoms with E-state index < -0.39 is 0 Å². The summed E-state index contributed by atoms with van der Waals surface area (Å²) >= 11 is 0. The summed E-state index contributed by atoms with van der Waals surface area (Å²) in [6.45, 7) is 4.30. The Morgan fingerprint density at radius 3 is 2.78 bits per heavy atom. The first-order valence-electron chi connectivity index (χ1n) is 7.34. The fourth-order valence-electron chi connectivity index (χ4n) is 2.40. The topological polar surface area (TPSA) is 81.2 Å². The molecular weight excluding hydrogens is 294 g/mol. The molecule has 0 spiro atoms. The molecule has 0 radical (unpaired) electrons. The maximum atomic E-state index is 12.4. The van der Waals surface area contributed by atoms with E-state index in [0.717, 1.165) is 17.2 Å². The minimum atomic E-state index is -0.0571. The first kappa shape index (κ1) is 15.1. The van der Waals surface area contributed by atoms with Crippen LogP contribution in [0.3, 0.4) is 0 Å². The van der Waals surface area contributed by atoms with E-state index in [2.05, 4.69) is 20.1 Å². The lowest BCUT2D eigenvalue weighted by Crippen LogP contribution is -2.29. The lowest BCUT2D eigenvalue weighted by Gasteiger charge is -2.15. The van der Waals surface area contributed by atoms with Gasteiger partial charge in [0.25, 0.3) is 5.78 Å². The van der Waals surface area contributed by atoms with Gasteiger partial charge in [0.15, 0.2) is 5.82 Å². The Balaban J connectivity index is 1.75. The van der Waals surface area contributed by atoms with Crippen molar-refractivity contribution >= 4 is 11.7 Å². The normalized spacial score (nSPS) is 11.1. The molecule has 3 rings (SSSR count). The summed E-state index contributed by atoms with van der Waals surface area (Å²) in [4.78, 5) is 26.9. The van der Waals surface area contributed by atoms with Crippen LogP contribution in [0.2, 0.25) is 0 Å². The fraction of sp³-hybridized carbons (Fsp3) is 0.400. The highest BCUT2D eigenvalue weighted by Gasteiger charge is 2.16. The summed E-state index contributed by atoms with van der Waals surface area (Å²) in [6, 6.07) is 1.93. The number of fused-ring (bicyclic) bond motifs is 1. The van der Waals surface area contributed by atoms with E-state index in [1.807, 2.05) is 37.7 Å². The number of imidazole rings is 1. The van der Waals surface area contributed by atoms with Gasteiger partial charge in [0.2, 0.25) is 5.91 Å². The second-order valence-electron chi connectivity index (χ2n) is 5.66. The molecule has 1 amide bonds. The van der Waals surface area contributed by atoms with Crippen molar-refractivity contribution in [3.63, 3.8) is 0 Å². The van der Waals surface area contributed by atoms with E-state index in [-0.39, 0.29) is 12.3 Å². The second-order valence-corrected chi connectivity index (χ2v) is 5.66. The molecule has 0 aliphatic heterocycles. The van der Waals surface area contributed by atoms with E-state index in [1.165, 1.54) is 0 Å². The summed E-state index contributed by atoms with van der Waals surface area (Å²) in [5, 5.41) is 4.37. The Labute approximate surface area is 133 Å². The zero-order valence-corrected chi connectivity index (χ0v) is 13.7. The van der Waals surface area contributed by atoms with Crippen LogP contribution in [0, 0.1) is 13.8 Å². The molecule has 120 valence electrons. The fourth-order valence-corrected chi connectivity index (χ4v) is 2.40. The van der Waals surface area contributed by atoms with Gasteiger partial charge in [-0.15, -0.1) is 5.10 Å². The van der Waals surface area contributed by atoms with Crippen LogP contribution < -0.4 is 0 Å². The molecule has 3 aromatic heterocycles. The van der Waals surface area contributed by atoms with Crippen molar-refractivity contribution in [1.82, 2.24) is 34.0 Å². The van der Waals surface area contributed by atoms with Crippen LogP contribution in [0.4, 0.5) is 0 Å². The van der Waals surface area contributed by atoms with E-state index in [1.54, 1.807) is 22.7 Å². The van der Waals surface area contributed by atoms with E-state index in [9.17, 15) is 4.79 Å². The number of aromatic nitrogens is 6. The molecule has 0 bridgehead atoms. The molecule has 3 aromatic rings. The highest BCUT2D eigenvalue weighted by molar-refractivity contribution is 5.77. The first-order valence-corrected chi connectivity index (χ1v) is 7.34. The van der Waals surface area contributed by atoms with Gasteiger partial charge in [0.05, 0.1) is 13.0 Å². The average Bonchev–Trinajstić information content (AvgIpc) is 3.05. The first-order chi connectivity index (χ1) is 10.9. The zero-order valence-electron chi connectivity index (χ0n) is 13.7. The SMILES string of the molecule is Cc1cc(C)n2nc(CC(=O)N(C)Cc3nccn3C)nc2n1. The summed E-state index contributed by atoms with van der Waals surface area (Å²) in [6.07, 6.45) is 3.71. The predicted octanol–water partition coefficient (Wildman–Crippen LogP) is 0.676. The van der Waals surface area contributed by atoms with Gasteiger partial charge < -0.3 is 9.47 Å². The van der Waals surface area contributed by atoms with Crippen LogP contribution in [0.5, 0.6) is 0 Å². The van der Waals surface area contributed by atoms with Gasteiger partial charge in [-0.25, -0.2) is 14.5 Å². The van der Waals surface area contributed by atoms with Crippen LogP contribution in [0.25, 0.3) is 5.78 Å². The standard InChI is InChI=1S/C15H19N7O/c1-10-7-11(2)22-15(17-10)18-12(19-22)8-14(23)21(4)9-13-16-5-6-20(13)3/h5-7H,8-9H2,1-4H3. The molecule has 0 aliphatic rings. The van der Waals surface area contributed by atoms with Crippen LogP contribution in [0.15, 0.2) is 18.5 Å². The number of carbonyl (C=O) groups excluding carboxylic acids is 1. The lowest BCUT2D eigenvalue weighted by atomic mass is 10.3. The average molecular weight is 313 g/mol. The number of rotatable bonds is 4. The van der Waals surface area contributed by atoms with Crippen molar-refractivity contribution in [2.45, 2.75) is 26.8 Å². The van der Waals surface area contributed by atoms with Gasteiger partial charge >= 0.3 is 0 Å². The molecule has 0 saturated carbocycles. The summed E-state index contributed by atoms with van der Waals surface area (Å²) < 4.78 is 3.55. The van der Waals surface area contributed by atoms with Gasteiger partial charge in [0, 0.05) is 37.9 Å². The molecule has 8 nitrogen and oxygen atoms in total. The monoisotopic (exact) mass is 313 g/mol. The lowest BCUT2D eigenvalue weighted by molar-refractivity contribution is -0.129. The summed E-state index contributed by atoms with van der Waals surface area (Å²) in [5.41, 5.74) is 1.83. The van der Waals surface area contributed by atoms with E-state index in [0.29, 0.717) is 18.1 Å². The number of hydrogen-bond acceptors (Lipinski definition) is 5. The Hall–Kier alpha value is -2.77. The van der Waals surface area contributed by atoms with E-state index in [4.69, 9.17) is 0 Å². The minimum absolute atomic E-state index is 0.0571.